The summed E-state index contributed by atoms with van der Waals surface area (Å²) in [7, 11) is 0. The van der Waals surface area contributed by atoms with E-state index in [2.05, 4.69) is 9.97 Å². The summed E-state index contributed by atoms with van der Waals surface area (Å²) < 4.78 is 44.7. The highest BCUT2D eigenvalue weighted by Crippen LogP contribution is 2.32. The third-order valence-electron chi connectivity index (χ3n) is 3.93. The van der Waals surface area contributed by atoms with Gasteiger partial charge in [-0.3, -0.25) is 4.79 Å². The van der Waals surface area contributed by atoms with Gasteiger partial charge in [0.05, 0.1) is 23.5 Å². The molecule has 0 bridgehead atoms. The van der Waals surface area contributed by atoms with Crippen molar-refractivity contribution in [2.45, 2.75) is 37.3 Å². The molecule has 1 saturated heterocycles. The summed E-state index contributed by atoms with van der Waals surface area (Å²) in [6.07, 6.45) is -4.77. The van der Waals surface area contributed by atoms with Gasteiger partial charge in [-0.2, -0.15) is 13.2 Å². The minimum atomic E-state index is -4.64. The molecule has 2 aromatic rings. The fourth-order valence-corrected chi connectivity index (χ4v) is 3.81. The molecule has 0 N–H and O–H groups in total. The number of para-hydroxylation sites is 1. The van der Waals surface area contributed by atoms with E-state index in [-0.39, 0.29) is 34.4 Å². The van der Waals surface area contributed by atoms with E-state index < -0.39 is 12.0 Å². The molecular formula is C17H18F3N3O2S. The van der Waals surface area contributed by atoms with E-state index in [9.17, 15) is 18.0 Å². The normalized spacial score (nSPS) is 21.2. The topological polar surface area (TPSA) is 55.3 Å². The number of ether oxygens (including phenoxy) is 1. The number of morpholine rings is 1. The molecule has 1 aromatic carbocycles. The van der Waals surface area contributed by atoms with Crippen LogP contribution in [0.15, 0.2) is 29.3 Å². The lowest BCUT2D eigenvalue weighted by Crippen LogP contribution is -2.48. The Morgan fingerprint density at radius 3 is 2.54 bits per heavy atom. The Balaban J connectivity index is 1.81. The molecule has 0 spiro atoms. The van der Waals surface area contributed by atoms with Gasteiger partial charge in [-0.25, -0.2) is 9.97 Å². The van der Waals surface area contributed by atoms with Gasteiger partial charge in [0.1, 0.15) is 5.03 Å². The highest BCUT2D eigenvalue weighted by molar-refractivity contribution is 8.00. The van der Waals surface area contributed by atoms with Crippen LogP contribution in [0.5, 0.6) is 0 Å². The lowest BCUT2D eigenvalue weighted by atomic mass is 10.2. The zero-order valence-electron chi connectivity index (χ0n) is 14.3. The lowest BCUT2D eigenvalue weighted by molar-refractivity contribution is -0.145. The number of rotatable bonds is 3. The maximum Gasteiger partial charge on any atom is 0.451 e. The molecule has 0 unspecified atom stereocenters. The summed E-state index contributed by atoms with van der Waals surface area (Å²) in [6.45, 7) is 4.72. The van der Waals surface area contributed by atoms with Crippen LogP contribution < -0.4 is 0 Å². The van der Waals surface area contributed by atoms with Crippen LogP contribution in [0.1, 0.15) is 19.7 Å². The molecule has 1 aliphatic heterocycles. The highest BCUT2D eigenvalue weighted by atomic mass is 32.2. The minimum Gasteiger partial charge on any atom is -0.372 e. The zero-order valence-corrected chi connectivity index (χ0v) is 15.1. The average Bonchev–Trinajstić information content (AvgIpc) is 2.57. The van der Waals surface area contributed by atoms with Crippen molar-refractivity contribution in [1.29, 1.82) is 0 Å². The molecular weight excluding hydrogens is 367 g/mol. The van der Waals surface area contributed by atoms with E-state index in [1.54, 1.807) is 23.1 Å². The van der Waals surface area contributed by atoms with Crippen LogP contribution in [-0.4, -0.2) is 51.8 Å². The molecule has 2 atom stereocenters. The van der Waals surface area contributed by atoms with E-state index >= 15 is 0 Å². The van der Waals surface area contributed by atoms with Gasteiger partial charge >= 0.3 is 6.18 Å². The van der Waals surface area contributed by atoms with Gasteiger partial charge in [0.25, 0.3) is 0 Å². The number of hydrogen-bond donors (Lipinski definition) is 0. The number of fused-ring (bicyclic) bond motifs is 1. The minimum absolute atomic E-state index is 0.0117. The van der Waals surface area contributed by atoms with Crippen molar-refractivity contribution >= 4 is 28.6 Å². The number of benzene rings is 1. The maximum atomic E-state index is 13.0. The fraction of sp³-hybridized carbons (Fsp3) is 0.471. The van der Waals surface area contributed by atoms with Crippen LogP contribution in [0.2, 0.25) is 0 Å². The number of thioether (sulfide) groups is 1. The van der Waals surface area contributed by atoms with Gasteiger partial charge in [0.2, 0.25) is 11.7 Å². The van der Waals surface area contributed by atoms with Gasteiger partial charge in [0, 0.05) is 18.5 Å². The Kier molecular flexibility index (Phi) is 5.38. The number of carbonyl (C=O) groups excluding carboxylic acids is 1. The highest BCUT2D eigenvalue weighted by Gasteiger charge is 2.35. The Bertz CT molecular complexity index is 805. The number of nitrogens with zero attached hydrogens (tertiary/aromatic N) is 3. The Morgan fingerprint density at radius 1 is 1.23 bits per heavy atom. The van der Waals surface area contributed by atoms with Crippen molar-refractivity contribution in [1.82, 2.24) is 14.9 Å². The van der Waals surface area contributed by atoms with Crippen LogP contribution in [0, 0.1) is 0 Å². The van der Waals surface area contributed by atoms with Crippen molar-refractivity contribution in [3.05, 3.63) is 30.1 Å². The molecule has 5 nitrogen and oxygen atoms in total. The van der Waals surface area contributed by atoms with E-state index in [0.29, 0.717) is 18.5 Å². The van der Waals surface area contributed by atoms with Crippen LogP contribution >= 0.6 is 11.8 Å². The number of hydrogen-bond acceptors (Lipinski definition) is 5. The zero-order chi connectivity index (χ0) is 18.9. The third kappa shape index (κ3) is 4.27. The third-order valence-corrected chi connectivity index (χ3v) is 4.90. The quantitative estimate of drug-likeness (QED) is 0.599. The summed E-state index contributed by atoms with van der Waals surface area (Å²) >= 11 is 1.00. The van der Waals surface area contributed by atoms with Crippen molar-refractivity contribution in [3.8, 4) is 0 Å². The van der Waals surface area contributed by atoms with Crippen LogP contribution in [-0.2, 0) is 15.7 Å². The first-order chi connectivity index (χ1) is 12.2. The monoisotopic (exact) mass is 385 g/mol. The van der Waals surface area contributed by atoms with Crippen LogP contribution in [0.3, 0.4) is 0 Å². The van der Waals surface area contributed by atoms with Crippen LogP contribution in [0.4, 0.5) is 13.2 Å². The Labute approximate surface area is 152 Å². The Hall–Kier alpha value is -1.87. The second-order valence-corrected chi connectivity index (χ2v) is 7.18. The largest absolute Gasteiger partial charge is 0.451 e. The average molecular weight is 385 g/mol. The fourth-order valence-electron chi connectivity index (χ4n) is 2.89. The van der Waals surface area contributed by atoms with Crippen molar-refractivity contribution < 1.29 is 22.7 Å². The molecule has 140 valence electrons. The molecule has 3 rings (SSSR count). The summed E-state index contributed by atoms with van der Waals surface area (Å²) in [4.78, 5) is 21.4. The first-order valence-electron chi connectivity index (χ1n) is 8.14. The van der Waals surface area contributed by atoms with Gasteiger partial charge in [-0.05, 0) is 19.9 Å². The molecule has 0 aliphatic carbocycles. The number of halogens is 3. The number of carbonyl (C=O) groups is 1. The van der Waals surface area contributed by atoms with Gasteiger partial charge in [-0.1, -0.05) is 30.0 Å². The van der Waals surface area contributed by atoms with Crippen molar-refractivity contribution in [2.24, 2.45) is 0 Å². The van der Waals surface area contributed by atoms with E-state index in [1.165, 1.54) is 6.07 Å². The summed E-state index contributed by atoms with van der Waals surface area (Å²) in [5.41, 5.74) is 0.207. The predicted molar refractivity (Wildman–Crippen MR) is 91.9 cm³/mol. The standard InChI is InChI=1S/C17H18F3N3O2S/c1-10-7-23(8-11(2)25-10)14(24)9-26-15-12-5-3-4-6-13(12)21-16(22-15)17(18,19)20/h3-6,10-11H,7-9H2,1-2H3/t10-,11+. The van der Waals surface area contributed by atoms with Crippen molar-refractivity contribution in [3.63, 3.8) is 0 Å². The predicted octanol–water partition coefficient (Wildman–Crippen LogP) is 3.38. The van der Waals surface area contributed by atoms with Gasteiger partial charge in [0.15, 0.2) is 0 Å². The van der Waals surface area contributed by atoms with Gasteiger partial charge in [-0.15, -0.1) is 0 Å². The van der Waals surface area contributed by atoms with E-state index in [4.69, 9.17) is 4.74 Å². The first kappa shape index (κ1) is 18.9. The number of aromatic nitrogens is 2. The second-order valence-electron chi connectivity index (χ2n) is 6.21. The smallest absolute Gasteiger partial charge is 0.372 e. The van der Waals surface area contributed by atoms with E-state index in [0.717, 1.165) is 11.8 Å². The number of amides is 1. The molecule has 0 radical (unpaired) electrons. The molecule has 0 saturated carbocycles. The Morgan fingerprint density at radius 2 is 1.88 bits per heavy atom. The molecule has 1 fully saturated rings. The van der Waals surface area contributed by atoms with E-state index in [1.807, 2.05) is 13.8 Å². The number of alkyl halides is 3. The molecule has 26 heavy (non-hydrogen) atoms. The molecule has 2 heterocycles. The maximum absolute atomic E-state index is 13.0. The SMILES string of the molecule is C[C@@H]1CN(C(=O)CSc2nc(C(F)(F)F)nc3ccccc23)C[C@H](C)O1. The van der Waals surface area contributed by atoms with Crippen LogP contribution in [0.25, 0.3) is 10.9 Å². The van der Waals surface area contributed by atoms with Crippen molar-refractivity contribution in [2.75, 3.05) is 18.8 Å². The summed E-state index contributed by atoms with van der Waals surface area (Å²) in [6, 6.07) is 6.48. The molecule has 9 heteroatoms. The summed E-state index contributed by atoms with van der Waals surface area (Å²) in [5.74, 6) is -1.33. The lowest BCUT2D eigenvalue weighted by Gasteiger charge is -2.35. The van der Waals surface area contributed by atoms with Gasteiger partial charge < -0.3 is 9.64 Å². The molecule has 1 amide bonds. The summed E-state index contributed by atoms with van der Waals surface area (Å²) in [5, 5.41) is 0.660. The molecule has 1 aliphatic rings. The second kappa shape index (κ2) is 7.40. The first-order valence-corrected chi connectivity index (χ1v) is 9.12. The molecule has 1 aromatic heterocycles.